The SMILES string of the molecule is CC(F)(F)Oc1ccc(S(=O)(=O)C(C)(C)C)cc1. The van der Waals surface area contributed by atoms with Crippen LogP contribution >= 0.6 is 0 Å². The Morgan fingerprint density at radius 2 is 1.44 bits per heavy atom. The summed E-state index contributed by atoms with van der Waals surface area (Å²) in [6.45, 7) is 5.35. The minimum Gasteiger partial charge on any atom is -0.433 e. The van der Waals surface area contributed by atoms with Crippen LogP contribution in [0.25, 0.3) is 0 Å². The van der Waals surface area contributed by atoms with Crippen molar-refractivity contribution in [3.63, 3.8) is 0 Å². The highest BCUT2D eigenvalue weighted by Gasteiger charge is 2.31. The zero-order chi connectivity index (χ0) is 14.2. The lowest BCUT2D eigenvalue weighted by Crippen LogP contribution is -2.27. The Morgan fingerprint density at radius 3 is 1.78 bits per heavy atom. The van der Waals surface area contributed by atoms with Crippen LogP contribution in [-0.4, -0.2) is 19.3 Å². The third kappa shape index (κ3) is 3.41. The summed E-state index contributed by atoms with van der Waals surface area (Å²) in [4.78, 5) is 0.0850. The van der Waals surface area contributed by atoms with Gasteiger partial charge < -0.3 is 4.74 Å². The average Bonchev–Trinajstić information content (AvgIpc) is 2.14. The first-order chi connectivity index (χ1) is 7.93. The maximum Gasteiger partial charge on any atom is 0.394 e. The zero-order valence-electron chi connectivity index (χ0n) is 10.7. The van der Waals surface area contributed by atoms with Gasteiger partial charge in [-0.2, -0.15) is 8.78 Å². The average molecular weight is 278 g/mol. The normalized spacial score (nSPS) is 13.4. The van der Waals surface area contributed by atoms with Crippen molar-refractivity contribution >= 4 is 9.84 Å². The van der Waals surface area contributed by atoms with Crippen molar-refractivity contribution in [2.24, 2.45) is 0 Å². The van der Waals surface area contributed by atoms with Gasteiger partial charge in [-0.15, -0.1) is 0 Å². The van der Waals surface area contributed by atoms with E-state index < -0.39 is 20.7 Å². The van der Waals surface area contributed by atoms with Gasteiger partial charge in [0.15, 0.2) is 9.84 Å². The molecule has 0 bridgehead atoms. The smallest absolute Gasteiger partial charge is 0.394 e. The molecule has 18 heavy (non-hydrogen) atoms. The second kappa shape index (κ2) is 4.50. The highest BCUT2D eigenvalue weighted by atomic mass is 32.2. The highest BCUT2D eigenvalue weighted by Crippen LogP contribution is 2.27. The maximum atomic E-state index is 12.6. The quantitative estimate of drug-likeness (QED) is 0.852. The Balaban J connectivity index is 3.05. The van der Waals surface area contributed by atoms with Crippen molar-refractivity contribution < 1.29 is 21.9 Å². The van der Waals surface area contributed by atoms with Gasteiger partial charge in [-0.1, -0.05) is 0 Å². The van der Waals surface area contributed by atoms with Crippen LogP contribution in [0.15, 0.2) is 29.2 Å². The third-order valence-electron chi connectivity index (χ3n) is 2.24. The summed E-state index contributed by atoms with van der Waals surface area (Å²) in [5.41, 5.74) is 0. The van der Waals surface area contributed by atoms with Gasteiger partial charge in [0.1, 0.15) is 5.75 Å². The van der Waals surface area contributed by atoms with Crippen molar-refractivity contribution in [1.29, 1.82) is 0 Å². The Labute approximate surface area is 106 Å². The molecule has 0 atom stereocenters. The van der Waals surface area contributed by atoms with Crippen molar-refractivity contribution in [3.05, 3.63) is 24.3 Å². The van der Waals surface area contributed by atoms with E-state index >= 15 is 0 Å². The largest absolute Gasteiger partial charge is 0.433 e. The molecule has 1 aromatic rings. The van der Waals surface area contributed by atoms with E-state index in [1.165, 1.54) is 24.3 Å². The number of hydrogen-bond acceptors (Lipinski definition) is 3. The topological polar surface area (TPSA) is 43.4 Å². The molecule has 0 unspecified atom stereocenters. The molecule has 0 saturated heterocycles. The lowest BCUT2D eigenvalue weighted by Gasteiger charge is -2.19. The van der Waals surface area contributed by atoms with Crippen LogP contribution in [0.4, 0.5) is 8.78 Å². The van der Waals surface area contributed by atoms with E-state index in [9.17, 15) is 17.2 Å². The van der Waals surface area contributed by atoms with Gasteiger partial charge in [0.05, 0.1) is 9.64 Å². The summed E-state index contributed by atoms with van der Waals surface area (Å²) in [5.74, 6) is -0.0737. The maximum absolute atomic E-state index is 12.6. The summed E-state index contributed by atoms with van der Waals surface area (Å²) in [7, 11) is -3.48. The van der Waals surface area contributed by atoms with E-state index in [0.29, 0.717) is 6.92 Å². The molecule has 0 saturated carbocycles. The van der Waals surface area contributed by atoms with Gasteiger partial charge in [0.25, 0.3) is 0 Å². The predicted molar refractivity (Wildman–Crippen MR) is 64.6 cm³/mol. The summed E-state index contributed by atoms with van der Waals surface area (Å²) in [5, 5.41) is 0. The van der Waals surface area contributed by atoms with Crippen LogP contribution in [0.5, 0.6) is 5.75 Å². The first-order valence-corrected chi connectivity index (χ1v) is 6.83. The number of rotatable bonds is 3. The Hall–Kier alpha value is -1.17. The molecule has 0 fully saturated rings. The van der Waals surface area contributed by atoms with Gasteiger partial charge in [-0.05, 0) is 45.0 Å². The van der Waals surface area contributed by atoms with Crippen molar-refractivity contribution in [2.45, 2.75) is 43.4 Å². The fourth-order valence-electron chi connectivity index (χ4n) is 1.25. The predicted octanol–water partition coefficient (Wildman–Crippen LogP) is 3.25. The van der Waals surface area contributed by atoms with Gasteiger partial charge in [-0.3, -0.25) is 0 Å². The zero-order valence-corrected chi connectivity index (χ0v) is 11.5. The van der Waals surface area contributed by atoms with Gasteiger partial charge in [-0.25, -0.2) is 8.42 Å². The van der Waals surface area contributed by atoms with Gasteiger partial charge in [0, 0.05) is 6.92 Å². The first kappa shape index (κ1) is 14.9. The lowest BCUT2D eigenvalue weighted by molar-refractivity contribution is -0.158. The summed E-state index contributed by atoms with van der Waals surface area (Å²) in [6, 6.07) is 4.97. The fourth-order valence-corrected chi connectivity index (χ4v) is 2.45. The standard InChI is InChI=1S/C12H16F2O3S/c1-11(2,3)18(15,16)10-7-5-9(6-8-10)17-12(4,13)14/h5-8H,1-4H3. The minimum atomic E-state index is -3.48. The summed E-state index contributed by atoms with van der Waals surface area (Å²) < 4.78 is 52.7. The molecule has 0 spiro atoms. The Bertz CT molecular complexity index is 508. The molecule has 0 aliphatic heterocycles. The molecule has 0 aliphatic carbocycles. The molecule has 1 rings (SSSR count). The highest BCUT2D eigenvalue weighted by molar-refractivity contribution is 7.92. The van der Waals surface area contributed by atoms with E-state index in [1.807, 2.05) is 0 Å². The van der Waals surface area contributed by atoms with Crippen LogP contribution in [0.2, 0.25) is 0 Å². The van der Waals surface area contributed by atoms with Gasteiger partial charge >= 0.3 is 6.11 Å². The molecule has 0 N–H and O–H groups in total. The molecule has 6 heteroatoms. The second-order valence-electron chi connectivity index (χ2n) is 5.00. The number of halogens is 2. The first-order valence-electron chi connectivity index (χ1n) is 5.35. The molecule has 0 heterocycles. The van der Waals surface area contributed by atoms with Gasteiger partial charge in [0.2, 0.25) is 0 Å². The minimum absolute atomic E-state index is 0.0737. The van der Waals surface area contributed by atoms with E-state index in [0.717, 1.165) is 0 Å². The summed E-state index contributed by atoms with van der Waals surface area (Å²) >= 11 is 0. The van der Waals surface area contributed by atoms with Crippen molar-refractivity contribution in [2.75, 3.05) is 0 Å². The molecule has 0 aromatic heterocycles. The number of benzene rings is 1. The monoisotopic (exact) mass is 278 g/mol. The number of sulfone groups is 1. The molecule has 0 aliphatic rings. The molecule has 1 aromatic carbocycles. The van der Waals surface area contributed by atoms with E-state index in [2.05, 4.69) is 4.74 Å². The van der Waals surface area contributed by atoms with Crippen LogP contribution in [0, 0.1) is 0 Å². The number of hydrogen-bond donors (Lipinski definition) is 0. The van der Waals surface area contributed by atoms with Crippen LogP contribution in [0.3, 0.4) is 0 Å². The van der Waals surface area contributed by atoms with Crippen LogP contribution < -0.4 is 4.74 Å². The fraction of sp³-hybridized carbons (Fsp3) is 0.500. The summed E-state index contributed by atoms with van der Waals surface area (Å²) in [6.07, 6.45) is -3.29. The lowest BCUT2D eigenvalue weighted by atomic mass is 10.3. The van der Waals surface area contributed by atoms with E-state index in [4.69, 9.17) is 0 Å². The Kier molecular flexibility index (Phi) is 3.72. The molecule has 0 radical (unpaired) electrons. The number of alkyl halides is 2. The van der Waals surface area contributed by atoms with Crippen LogP contribution in [-0.2, 0) is 9.84 Å². The van der Waals surface area contributed by atoms with Crippen molar-refractivity contribution in [3.8, 4) is 5.75 Å². The molecule has 3 nitrogen and oxygen atoms in total. The third-order valence-corrected chi connectivity index (χ3v) is 4.74. The Morgan fingerprint density at radius 1 is 1.00 bits per heavy atom. The molecular weight excluding hydrogens is 262 g/mol. The molecule has 0 amide bonds. The van der Waals surface area contributed by atoms with Crippen LogP contribution in [0.1, 0.15) is 27.7 Å². The molecule has 102 valence electrons. The van der Waals surface area contributed by atoms with E-state index in [-0.39, 0.29) is 10.6 Å². The van der Waals surface area contributed by atoms with Crippen molar-refractivity contribution in [1.82, 2.24) is 0 Å². The van der Waals surface area contributed by atoms with E-state index in [1.54, 1.807) is 20.8 Å². The number of ether oxygens (including phenoxy) is 1. The molecular formula is C12H16F2O3S. The second-order valence-corrected chi connectivity index (χ2v) is 7.70.